The Hall–Kier alpha value is -4.03. The van der Waals surface area contributed by atoms with Gasteiger partial charge in [0.1, 0.15) is 5.69 Å². The lowest BCUT2D eigenvalue weighted by atomic mass is 10.1. The summed E-state index contributed by atoms with van der Waals surface area (Å²) in [5.41, 5.74) is 6.79. The van der Waals surface area contributed by atoms with Crippen LogP contribution in [0.15, 0.2) is 102 Å². The molecule has 31 heavy (non-hydrogen) atoms. The lowest BCUT2D eigenvalue weighted by Gasteiger charge is -2.13. The summed E-state index contributed by atoms with van der Waals surface area (Å²) in [6.07, 6.45) is 2.75. The number of hydrazone groups is 1. The third-order valence-corrected chi connectivity index (χ3v) is 4.77. The number of nitrogens with one attached hydrogen (secondary N) is 1. The number of benzene rings is 3. The Labute approximate surface area is 180 Å². The molecule has 0 radical (unpaired) electrons. The molecular formula is C25H22N4O2. The van der Waals surface area contributed by atoms with Crippen LogP contribution in [0.3, 0.4) is 0 Å². The van der Waals surface area contributed by atoms with Crippen molar-refractivity contribution in [2.45, 2.75) is 6.10 Å². The van der Waals surface area contributed by atoms with E-state index >= 15 is 0 Å². The van der Waals surface area contributed by atoms with Gasteiger partial charge in [0.15, 0.2) is 6.10 Å². The molecule has 0 aliphatic rings. The largest absolute Gasteiger partial charge is 0.367 e. The highest BCUT2D eigenvalue weighted by molar-refractivity contribution is 5.90. The molecule has 1 atom stereocenters. The molecule has 0 fully saturated rings. The van der Waals surface area contributed by atoms with E-state index in [0.29, 0.717) is 0 Å². The highest BCUT2D eigenvalue weighted by Gasteiger charge is 2.19. The van der Waals surface area contributed by atoms with Gasteiger partial charge in [-0.3, -0.25) is 4.79 Å². The second-order valence-electron chi connectivity index (χ2n) is 6.84. The molecule has 1 heterocycles. The van der Waals surface area contributed by atoms with Crippen molar-refractivity contribution in [1.29, 1.82) is 0 Å². The monoisotopic (exact) mass is 410 g/mol. The van der Waals surface area contributed by atoms with Gasteiger partial charge in [-0.05, 0) is 17.7 Å². The average molecular weight is 410 g/mol. The minimum Gasteiger partial charge on any atom is -0.367 e. The van der Waals surface area contributed by atoms with E-state index in [4.69, 9.17) is 9.84 Å². The summed E-state index contributed by atoms with van der Waals surface area (Å²) in [6, 6.07) is 29.0. The van der Waals surface area contributed by atoms with Crippen molar-refractivity contribution in [3.05, 3.63) is 108 Å². The summed E-state index contributed by atoms with van der Waals surface area (Å²) in [7, 11) is 1.50. The molecule has 1 aromatic heterocycles. The number of carbonyl (C=O) groups is 1. The predicted molar refractivity (Wildman–Crippen MR) is 121 cm³/mol. The SMILES string of the molecule is CO[C@@H](C(=O)N/N=C\c1cn(-c2ccccc2)nc1-c1ccccc1)c1ccccc1. The second kappa shape index (κ2) is 9.65. The van der Waals surface area contributed by atoms with E-state index in [1.54, 1.807) is 10.9 Å². The maximum absolute atomic E-state index is 12.6. The molecule has 3 aromatic carbocycles. The van der Waals surface area contributed by atoms with Gasteiger partial charge in [0, 0.05) is 24.4 Å². The van der Waals surface area contributed by atoms with Gasteiger partial charge < -0.3 is 4.74 Å². The van der Waals surface area contributed by atoms with Gasteiger partial charge in [0.25, 0.3) is 5.91 Å². The standard InChI is InChI=1S/C25H22N4O2/c1-31-24(20-13-7-3-8-14-20)25(30)27-26-17-21-18-29(22-15-9-4-10-16-22)28-23(21)19-11-5-2-6-12-19/h2-18,24H,1H3,(H,27,30)/b26-17-/t24-/m1/s1. The van der Waals surface area contributed by atoms with Crippen molar-refractivity contribution < 1.29 is 9.53 Å². The Morgan fingerprint density at radius 2 is 1.58 bits per heavy atom. The molecule has 1 amide bonds. The molecule has 6 heteroatoms. The van der Waals surface area contributed by atoms with Crippen LogP contribution in [0.5, 0.6) is 0 Å². The molecule has 0 unspecified atom stereocenters. The van der Waals surface area contributed by atoms with Gasteiger partial charge in [-0.2, -0.15) is 10.2 Å². The molecule has 154 valence electrons. The fraction of sp³-hybridized carbons (Fsp3) is 0.0800. The molecule has 0 saturated heterocycles. The molecule has 0 saturated carbocycles. The Balaban J connectivity index is 1.59. The number of rotatable bonds is 7. The summed E-state index contributed by atoms with van der Waals surface area (Å²) in [4.78, 5) is 12.6. The van der Waals surface area contributed by atoms with Crippen molar-refractivity contribution in [3.8, 4) is 16.9 Å². The number of nitrogens with zero attached hydrogens (tertiary/aromatic N) is 3. The van der Waals surface area contributed by atoms with E-state index < -0.39 is 6.10 Å². The highest BCUT2D eigenvalue weighted by Crippen LogP contribution is 2.22. The summed E-state index contributed by atoms with van der Waals surface area (Å²) >= 11 is 0. The van der Waals surface area contributed by atoms with Crippen LogP contribution in [0.4, 0.5) is 0 Å². The molecule has 0 aliphatic carbocycles. The van der Waals surface area contributed by atoms with Crippen molar-refractivity contribution in [3.63, 3.8) is 0 Å². The van der Waals surface area contributed by atoms with E-state index in [-0.39, 0.29) is 5.91 Å². The number of amides is 1. The van der Waals surface area contributed by atoms with Crippen LogP contribution in [-0.2, 0) is 9.53 Å². The van der Waals surface area contributed by atoms with E-state index in [0.717, 1.165) is 28.1 Å². The Bertz CT molecular complexity index is 1160. The van der Waals surface area contributed by atoms with Crippen LogP contribution in [0.1, 0.15) is 17.2 Å². The van der Waals surface area contributed by atoms with Crippen molar-refractivity contribution in [1.82, 2.24) is 15.2 Å². The normalized spacial score (nSPS) is 12.0. The molecule has 0 bridgehead atoms. The topological polar surface area (TPSA) is 68.5 Å². The first-order valence-corrected chi connectivity index (χ1v) is 9.87. The van der Waals surface area contributed by atoms with Gasteiger partial charge in [0.05, 0.1) is 11.9 Å². The lowest BCUT2D eigenvalue weighted by molar-refractivity contribution is -0.131. The van der Waals surface area contributed by atoms with Crippen LogP contribution < -0.4 is 5.43 Å². The van der Waals surface area contributed by atoms with Crippen LogP contribution in [0.2, 0.25) is 0 Å². The van der Waals surface area contributed by atoms with Crippen LogP contribution >= 0.6 is 0 Å². The molecule has 0 spiro atoms. The zero-order chi connectivity index (χ0) is 21.5. The number of hydrogen-bond acceptors (Lipinski definition) is 4. The number of aromatic nitrogens is 2. The van der Waals surface area contributed by atoms with Gasteiger partial charge in [-0.1, -0.05) is 78.9 Å². The Morgan fingerprint density at radius 3 is 2.23 bits per heavy atom. The van der Waals surface area contributed by atoms with Gasteiger partial charge in [0.2, 0.25) is 0 Å². The number of hydrogen-bond donors (Lipinski definition) is 1. The van der Waals surface area contributed by atoms with Crippen LogP contribution in [-0.4, -0.2) is 29.0 Å². The maximum Gasteiger partial charge on any atom is 0.273 e. The van der Waals surface area contributed by atoms with Crippen molar-refractivity contribution in [2.75, 3.05) is 7.11 Å². The Kier molecular flexibility index (Phi) is 6.30. The molecular weight excluding hydrogens is 388 g/mol. The number of methoxy groups -OCH3 is 1. The molecule has 1 N–H and O–H groups in total. The quantitative estimate of drug-likeness (QED) is 0.363. The van der Waals surface area contributed by atoms with Crippen molar-refractivity contribution in [2.24, 2.45) is 5.10 Å². The average Bonchev–Trinajstić information content (AvgIpc) is 3.26. The Morgan fingerprint density at radius 1 is 0.968 bits per heavy atom. The first-order valence-electron chi connectivity index (χ1n) is 9.87. The molecule has 0 aliphatic heterocycles. The third kappa shape index (κ3) is 4.76. The van der Waals surface area contributed by atoms with E-state index in [1.807, 2.05) is 97.2 Å². The summed E-state index contributed by atoms with van der Waals surface area (Å²) in [5.74, 6) is -0.346. The fourth-order valence-electron chi connectivity index (χ4n) is 3.26. The van der Waals surface area contributed by atoms with Crippen LogP contribution in [0.25, 0.3) is 16.9 Å². The fourth-order valence-corrected chi connectivity index (χ4v) is 3.26. The molecule has 4 rings (SSSR count). The number of carbonyl (C=O) groups excluding carboxylic acids is 1. The number of para-hydroxylation sites is 1. The second-order valence-corrected chi connectivity index (χ2v) is 6.84. The maximum atomic E-state index is 12.6. The van der Waals surface area contributed by atoms with Crippen molar-refractivity contribution >= 4 is 12.1 Å². The zero-order valence-corrected chi connectivity index (χ0v) is 17.1. The minimum atomic E-state index is -0.737. The lowest BCUT2D eigenvalue weighted by Crippen LogP contribution is -2.26. The molecule has 6 nitrogen and oxygen atoms in total. The van der Waals surface area contributed by atoms with E-state index in [2.05, 4.69) is 10.5 Å². The first-order chi connectivity index (χ1) is 15.3. The van der Waals surface area contributed by atoms with Gasteiger partial charge >= 0.3 is 0 Å². The highest BCUT2D eigenvalue weighted by atomic mass is 16.5. The zero-order valence-electron chi connectivity index (χ0n) is 17.1. The van der Waals surface area contributed by atoms with E-state index in [9.17, 15) is 4.79 Å². The summed E-state index contributed by atoms with van der Waals surface area (Å²) in [6.45, 7) is 0. The minimum absolute atomic E-state index is 0.346. The smallest absolute Gasteiger partial charge is 0.273 e. The van der Waals surface area contributed by atoms with Gasteiger partial charge in [-0.15, -0.1) is 0 Å². The summed E-state index contributed by atoms with van der Waals surface area (Å²) < 4.78 is 7.15. The van der Waals surface area contributed by atoms with Crippen LogP contribution in [0, 0.1) is 0 Å². The predicted octanol–water partition coefficient (Wildman–Crippen LogP) is 4.38. The van der Waals surface area contributed by atoms with E-state index in [1.165, 1.54) is 7.11 Å². The van der Waals surface area contributed by atoms with Gasteiger partial charge in [-0.25, -0.2) is 10.1 Å². The molecule has 4 aromatic rings. The summed E-state index contributed by atoms with van der Waals surface area (Å²) in [5, 5.41) is 8.91. The third-order valence-electron chi connectivity index (χ3n) is 4.77. The number of ether oxygens (including phenoxy) is 1. The first kappa shape index (κ1) is 20.3.